The second-order valence-electron chi connectivity index (χ2n) is 5.66. The van der Waals surface area contributed by atoms with Crippen LogP contribution in [-0.4, -0.2) is 42.1 Å². The van der Waals surface area contributed by atoms with Gasteiger partial charge in [-0.15, -0.1) is 0 Å². The summed E-state index contributed by atoms with van der Waals surface area (Å²) in [6, 6.07) is 9.09. The molecule has 1 aromatic carbocycles. The van der Waals surface area contributed by atoms with E-state index in [-0.39, 0.29) is 12.0 Å². The quantitative estimate of drug-likeness (QED) is 0.800. The number of carbonyl (C=O) groups is 1. The van der Waals surface area contributed by atoms with Gasteiger partial charge in [-0.2, -0.15) is 0 Å². The number of amides is 1. The Labute approximate surface area is 149 Å². The molecule has 0 spiro atoms. The Bertz CT molecular complexity index is 709. The first-order valence-electron chi connectivity index (χ1n) is 7.87. The predicted molar refractivity (Wildman–Crippen MR) is 94.5 cm³/mol. The number of rotatable bonds is 4. The maximum absolute atomic E-state index is 12.9. The number of hydrogen-bond donors (Lipinski definition) is 0. The lowest BCUT2D eigenvalue weighted by Crippen LogP contribution is -2.44. The van der Waals surface area contributed by atoms with E-state index in [0.717, 1.165) is 29.6 Å². The SMILES string of the molecule is COc1ccc(Br)c(C(=O)N2CCC[C@@H](Oc3ccncc3)C2)c1. The largest absolute Gasteiger partial charge is 0.497 e. The van der Waals surface area contributed by atoms with Gasteiger partial charge in [0.1, 0.15) is 17.6 Å². The van der Waals surface area contributed by atoms with Crippen LogP contribution in [0.1, 0.15) is 23.2 Å². The zero-order chi connectivity index (χ0) is 16.9. The normalized spacial score (nSPS) is 17.4. The predicted octanol–water partition coefficient (Wildman–Crippen LogP) is 3.54. The van der Waals surface area contributed by atoms with Crippen LogP contribution in [0.4, 0.5) is 0 Å². The first-order valence-corrected chi connectivity index (χ1v) is 8.66. The van der Waals surface area contributed by atoms with E-state index in [0.29, 0.717) is 17.9 Å². The van der Waals surface area contributed by atoms with Gasteiger partial charge in [-0.1, -0.05) is 0 Å². The maximum Gasteiger partial charge on any atom is 0.255 e. The molecule has 0 radical (unpaired) electrons. The molecule has 1 fully saturated rings. The molecule has 126 valence electrons. The van der Waals surface area contributed by atoms with Crippen molar-refractivity contribution in [2.24, 2.45) is 0 Å². The monoisotopic (exact) mass is 390 g/mol. The minimum absolute atomic E-state index is 0.00511. The van der Waals surface area contributed by atoms with E-state index >= 15 is 0 Å². The van der Waals surface area contributed by atoms with Crippen LogP contribution in [0.2, 0.25) is 0 Å². The number of carbonyl (C=O) groups excluding carboxylic acids is 1. The molecule has 3 rings (SSSR count). The molecule has 2 heterocycles. The van der Waals surface area contributed by atoms with Crippen molar-refractivity contribution in [2.45, 2.75) is 18.9 Å². The van der Waals surface area contributed by atoms with Crippen LogP contribution < -0.4 is 9.47 Å². The van der Waals surface area contributed by atoms with Crippen molar-refractivity contribution in [3.63, 3.8) is 0 Å². The Kier molecular flexibility index (Phi) is 5.35. The van der Waals surface area contributed by atoms with Gasteiger partial charge in [-0.05, 0) is 59.1 Å². The summed E-state index contributed by atoms with van der Waals surface area (Å²) in [5.41, 5.74) is 0.610. The zero-order valence-electron chi connectivity index (χ0n) is 13.4. The fraction of sp³-hybridized carbons (Fsp3) is 0.333. The first kappa shape index (κ1) is 16.8. The summed E-state index contributed by atoms with van der Waals surface area (Å²) < 4.78 is 12.0. The minimum Gasteiger partial charge on any atom is -0.497 e. The second kappa shape index (κ2) is 7.66. The molecule has 2 aromatic rings. The van der Waals surface area contributed by atoms with Crippen molar-refractivity contribution in [2.75, 3.05) is 20.2 Å². The molecule has 1 aliphatic rings. The van der Waals surface area contributed by atoms with E-state index < -0.39 is 0 Å². The lowest BCUT2D eigenvalue weighted by Gasteiger charge is -2.33. The highest BCUT2D eigenvalue weighted by Gasteiger charge is 2.27. The minimum atomic E-state index is -0.0104. The first-order chi connectivity index (χ1) is 11.7. The number of halogens is 1. The number of nitrogens with zero attached hydrogens (tertiary/aromatic N) is 2. The average Bonchev–Trinajstić information content (AvgIpc) is 2.63. The molecule has 0 bridgehead atoms. The Morgan fingerprint density at radius 2 is 2.04 bits per heavy atom. The van der Waals surface area contributed by atoms with Gasteiger partial charge in [0, 0.05) is 23.4 Å². The number of aromatic nitrogens is 1. The van der Waals surface area contributed by atoms with Gasteiger partial charge >= 0.3 is 0 Å². The number of piperidine rings is 1. The summed E-state index contributed by atoms with van der Waals surface area (Å²) in [4.78, 5) is 18.7. The van der Waals surface area contributed by atoms with Crippen molar-refractivity contribution in [1.82, 2.24) is 9.88 Å². The summed E-state index contributed by atoms with van der Waals surface area (Å²) in [5, 5.41) is 0. The highest BCUT2D eigenvalue weighted by Crippen LogP contribution is 2.26. The van der Waals surface area contributed by atoms with Crippen molar-refractivity contribution in [3.05, 3.63) is 52.8 Å². The van der Waals surface area contributed by atoms with Crippen molar-refractivity contribution in [3.8, 4) is 11.5 Å². The topological polar surface area (TPSA) is 51.7 Å². The molecule has 1 atom stereocenters. The van der Waals surface area contributed by atoms with Gasteiger partial charge in [0.2, 0.25) is 0 Å². The Hall–Kier alpha value is -2.08. The number of likely N-dealkylation sites (tertiary alicyclic amines) is 1. The summed E-state index contributed by atoms with van der Waals surface area (Å²) in [6.45, 7) is 1.31. The molecular weight excluding hydrogens is 372 g/mol. The third-order valence-corrected chi connectivity index (χ3v) is 4.71. The van der Waals surface area contributed by atoms with Crippen LogP contribution >= 0.6 is 15.9 Å². The fourth-order valence-electron chi connectivity index (χ4n) is 2.79. The third kappa shape index (κ3) is 3.87. The van der Waals surface area contributed by atoms with Gasteiger partial charge < -0.3 is 14.4 Å². The van der Waals surface area contributed by atoms with Crippen LogP contribution in [-0.2, 0) is 0 Å². The van der Waals surface area contributed by atoms with E-state index in [1.165, 1.54) is 0 Å². The standard InChI is InChI=1S/C18H19BrN2O3/c1-23-14-4-5-17(19)16(11-14)18(22)21-10-2-3-15(12-21)24-13-6-8-20-9-7-13/h4-9,11,15H,2-3,10,12H2,1H3/t15-/m1/s1. The van der Waals surface area contributed by atoms with E-state index in [1.54, 1.807) is 25.6 Å². The van der Waals surface area contributed by atoms with Gasteiger partial charge in [0.25, 0.3) is 5.91 Å². The van der Waals surface area contributed by atoms with E-state index in [4.69, 9.17) is 9.47 Å². The molecule has 1 aromatic heterocycles. The van der Waals surface area contributed by atoms with Gasteiger partial charge in [0.05, 0.1) is 19.2 Å². The lowest BCUT2D eigenvalue weighted by molar-refractivity contribution is 0.0536. The molecule has 0 saturated carbocycles. The van der Waals surface area contributed by atoms with Gasteiger partial charge in [-0.25, -0.2) is 0 Å². The fourth-order valence-corrected chi connectivity index (χ4v) is 3.21. The molecule has 0 N–H and O–H groups in total. The summed E-state index contributed by atoms with van der Waals surface area (Å²) in [6.07, 6.45) is 5.26. The van der Waals surface area contributed by atoms with Crippen molar-refractivity contribution >= 4 is 21.8 Å². The van der Waals surface area contributed by atoms with Crippen LogP contribution in [0.5, 0.6) is 11.5 Å². The third-order valence-electron chi connectivity index (χ3n) is 4.02. The molecule has 24 heavy (non-hydrogen) atoms. The molecule has 1 saturated heterocycles. The molecule has 1 amide bonds. The molecule has 5 nitrogen and oxygen atoms in total. The summed E-state index contributed by atoms with van der Waals surface area (Å²) >= 11 is 3.45. The van der Waals surface area contributed by atoms with Crippen LogP contribution in [0.15, 0.2) is 47.2 Å². The van der Waals surface area contributed by atoms with Crippen LogP contribution in [0.3, 0.4) is 0 Å². The van der Waals surface area contributed by atoms with E-state index in [2.05, 4.69) is 20.9 Å². The van der Waals surface area contributed by atoms with E-state index in [9.17, 15) is 4.79 Å². The molecule has 1 aliphatic heterocycles. The number of methoxy groups -OCH3 is 1. The van der Waals surface area contributed by atoms with Crippen LogP contribution in [0, 0.1) is 0 Å². The van der Waals surface area contributed by atoms with Gasteiger partial charge in [0.15, 0.2) is 0 Å². The molecule has 6 heteroatoms. The zero-order valence-corrected chi connectivity index (χ0v) is 15.0. The number of pyridine rings is 1. The van der Waals surface area contributed by atoms with E-state index in [1.807, 2.05) is 29.2 Å². The van der Waals surface area contributed by atoms with Crippen LogP contribution in [0.25, 0.3) is 0 Å². The number of benzene rings is 1. The Morgan fingerprint density at radius 1 is 1.25 bits per heavy atom. The molecule has 0 aliphatic carbocycles. The highest BCUT2D eigenvalue weighted by atomic mass is 79.9. The summed E-state index contributed by atoms with van der Waals surface area (Å²) in [7, 11) is 1.59. The van der Waals surface area contributed by atoms with Crippen molar-refractivity contribution < 1.29 is 14.3 Å². The number of ether oxygens (including phenoxy) is 2. The Balaban J connectivity index is 1.71. The Morgan fingerprint density at radius 3 is 2.79 bits per heavy atom. The lowest BCUT2D eigenvalue weighted by atomic mass is 10.1. The second-order valence-corrected chi connectivity index (χ2v) is 6.52. The average molecular weight is 391 g/mol. The van der Waals surface area contributed by atoms with Gasteiger partial charge in [-0.3, -0.25) is 9.78 Å². The van der Waals surface area contributed by atoms with Crippen molar-refractivity contribution in [1.29, 1.82) is 0 Å². The highest BCUT2D eigenvalue weighted by molar-refractivity contribution is 9.10. The smallest absolute Gasteiger partial charge is 0.255 e. The molecular formula is C18H19BrN2O3. The molecule has 0 unspecified atom stereocenters. The maximum atomic E-state index is 12.9. The summed E-state index contributed by atoms with van der Waals surface area (Å²) in [5.74, 6) is 1.44. The number of hydrogen-bond acceptors (Lipinski definition) is 4.